The molecule has 1 amide bonds. The van der Waals surface area contributed by atoms with Crippen LogP contribution < -0.4 is 4.80 Å². The van der Waals surface area contributed by atoms with E-state index in [4.69, 9.17) is 4.74 Å². The number of carbonyl (C=O) groups is 1. The quantitative estimate of drug-likeness (QED) is 0.328. The molecule has 7 nitrogen and oxygen atoms in total. The number of carbonyl (C=O) groups excluding carboxylic acids is 1. The Kier molecular flexibility index (Phi) is 6.61. The molecule has 0 aliphatic carbocycles. The summed E-state index contributed by atoms with van der Waals surface area (Å²) in [4.78, 5) is 29.2. The molecule has 146 valence electrons. The van der Waals surface area contributed by atoms with Crippen LogP contribution in [0.3, 0.4) is 0 Å². The molecule has 0 atom stereocenters. The van der Waals surface area contributed by atoms with Gasteiger partial charge in [0.15, 0.2) is 4.80 Å². The highest BCUT2D eigenvalue weighted by molar-refractivity contribution is 7.99. The second-order valence-electron chi connectivity index (χ2n) is 5.82. The third-order valence-corrected chi connectivity index (χ3v) is 5.92. The molecule has 9 heteroatoms. The fourth-order valence-corrected chi connectivity index (χ4v) is 4.45. The van der Waals surface area contributed by atoms with Crippen LogP contribution in [0.4, 0.5) is 5.69 Å². The van der Waals surface area contributed by atoms with Crippen molar-refractivity contribution < 1.29 is 14.5 Å². The van der Waals surface area contributed by atoms with Crippen molar-refractivity contribution in [2.45, 2.75) is 18.4 Å². The number of amides is 1. The number of fused-ring (bicyclic) bond motifs is 1. The number of ether oxygens (including phenoxy) is 1. The Labute approximate surface area is 169 Å². The molecule has 3 aromatic rings. The SMILES string of the molecule is CCSc1cccc(C(=O)N=c2sc3ccc([N+](=O)[O-])cc3n2CCOC)c1. The van der Waals surface area contributed by atoms with Crippen molar-refractivity contribution in [3.63, 3.8) is 0 Å². The first kappa shape index (κ1) is 20.2. The van der Waals surface area contributed by atoms with Gasteiger partial charge < -0.3 is 9.30 Å². The third-order valence-electron chi connectivity index (χ3n) is 3.98. The number of methoxy groups -OCH3 is 1. The molecule has 0 bridgehead atoms. The Hall–Kier alpha value is -2.49. The average molecular weight is 418 g/mol. The van der Waals surface area contributed by atoms with Gasteiger partial charge in [0.1, 0.15) is 0 Å². The van der Waals surface area contributed by atoms with E-state index in [1.54, 1.807) is 35.6 Å². The number of thiazole rings is 1. The molecule has 2 aromatic carbocycles. The van der Waals surface area contributed by atoms with Crippen molar-refractivity contribution in [3.05, 3.63) is 62.9 Å². The van der Waals surface area contributed by atoms with Crippen molar-refractivity contribution in [3.8, 4) is 0 Å². The van der Waals surface area contributed by atoms with Gasteiger partial charge in [-0.15, -0.1) is 11.8 Å². The zero-order chi connectivity index (χ0) is 20.1. The monoisotopic (exact) mass is 417 g/mol. The normalized spacial score (nSPS) is 11.9. The van der Waals surface area contributed by atoms with Crippen LogP contribution in [0.25, 0.3) is 10.2 Å². The molecule has 0 radical (unpaired) electrons. The van der Waals surface area contributed by atoms with Gasteiger partial charge in [-0.2, -0.15) is 4.99 Å². The molecule has 0 saturated carbocycles. The van der Waals surface area contributed by atoms with Crippen LogP contribution in [0.1, 0.15) is 17.3 Å². The second-order valence-corrected chi connectivity index (χ2v) is 8.16. The van der Waals surface area contributed by atoms with Gasteiger partial charge in [-0.25, -0.2) is 0 Å². The minimum absolute atomic E-state index is 0.00126. The van der Waals surface area contributed by atoms with Gasteiger partial charge in [-0.1, -0.05) is 24.3 Å². The molecule has 28 heavy (non-hydrogen) atoms. The lowest BCUT2D eigenvalue weighted by molar-refractivity contribution is -0.384. The van der Waals surface area contributed by atoms with Gasteiger partial charge in [0, 0.05) is 36.2 Å². The van der Waals surface area contributed by atoms with Gasteiger partial charge in [0.25, 0.3) is 11.6 Å². The highest BCUT2D eigenvalue weighted by atomic mass is 32.2. The second kappa shape index (κ2) is 9.13. The van der Waals surface area contributed by atoms with Crippen LogP contribution in [0, 0.1) is 10.1 Å². The molecule has 0 spiro atoms. The number of aromatic nitrogens is 1. The molecule has 0 aliphatic rings. The van der Waals surface area contributed by atoms with Gasteiger partial charge in [-0.05, 0) is 30.0 Å². The van der Waals surface area contributed by atoms with Crippen LogP contribution in [0.15, 0.2) is 52.4 Å². The minimum atomic E-state index is -0.434. The topological polar surface area (TPSA) is 86.7 Å². The molecule has 0 aliphatic heterocycles. The number of nitrogens with zero attached hydrogens (tertiary/aromatic N) is 3. The lowest BCUT2D eigenvalue weighted by Gasteiger charge is -2.04. The first-order valence-electron chi connectivity index (χ1n) is 8.62. The number of rotatable bonds is 7. The standard InChI is InChI=1S/C19H19N3O4S2/c1-3-27-15-6-4-5-13(11-15)18(23)20-19-21(9-10-26-2)16-12-14(22(24)25)7-8-17(16)28-19/h4-8,11-12H,3,9-10H2,1-2H3. The summed E-state index contributed by atoms with van der Waals surface area (Å²) in [6, 6.07) is 12.0. The van der Waals surface area contributed by atoms with Gasteiger partial charge in [-0.3, -0.25) is 14.9 Å². The number of hydrogen-bond acceptors (Lipinski definition) is 6. The van der Waals surface area contributed by atoms with E-state index in [0.29, 0.717) is 29.0 Å². The molecule has 0 saturated heterocycles. The maximum atomic E-state index is 12.7. The van der Waals surface area contributed by atoms with Crippen molar-refractivity contribution >= 4 is 44.9 Å². The van der Waals surface area contributed by atoms with Crippen LogP contribution in [-0.2, 0) is 11.3 Å². The number of nitro groups is 1. The summed E-state index contributed by atoms with van der Waals surface area (Å²) in [6.45, 7) is 2.90. The Morgan fingerprint density at radius 1 is 1.32 bits per heavy atom. The lowest BCUT2D eigenvalue weighted by atomic mass is 10.2. The Bertz CT molecular complexity index is 1090. The van der Waals surface area contributed by atoms with E-state index in [0.717, 1.165) is 15.3 Å². The lowest BCUT2D eigenvalue weighted by Crippen LogP contribution is -2.19. The predicted molar refractivity (Wildman–Crippen MR) is 111 cm³/mol. The molecule has 3 rings (SSSR count). The Morgan fingerprint density at radius 2 is 2.14 bits per heavy atom. The summed E-state index contributed by atoms with van der Waals surface area (Å²) in [7, 11) is 1.58. The number of benzene rings is 2. The fourth-order valence-electron chi connectivity index (χ4n) is 2.69. The van der Waals surface area contributed by atoms with Crippen LogP contribution in [-0.4, -0.2) is 34.9 Å². The fraction of sp³-hybridized carbons (Fsp3) is 0.263. The summed E-state index contributed by atoms with van der Waals surface area (Å²) >= 11 is 2.98. The highest BCUT2D eigenvalue weighted by Crippen LogP contribution is 2.23. The van der Waals surface area contributed by atoms with E-state index in [2.05, 4.69) is 11.9 Å². The molecular formula is C19H19N3O4S2. The van der Waals surface area contributed by atoms with Crippen molar-refractivity contribution in [2.24, 2.45) is 4.99 Å². The van der Waals surface area contributed by atoms with Crippen molar-refractivity contribution in [2.75, 3.05) is 19.5 Å². The maximum Gasteiger partial charge on any atom is 0.279 e. The molecule has 1 heterocycles. The van der Waals surface area contributed by atoms with E-state index < -0.39 is 4.92 Å². The zero-order valence-corrected chi connectivity index (χ0v) is 17.1. The predicted octanol–water partition coefficient (Wildman–Crippen LogP) is 4.11. The van der Waals surface area contributed by atoms with Crippen LogP contribution in [0.5, 0.6) is 0 Å². The minimum Gasteiger partial charge on any atom is -0.383 e. The van der Waals surface area contributed by atoms with E-state index in [1.807, 2.05) is 18.2 Å². The number of hydrogen-bond donors (Lipinski definition) is 0. The van der Waals surface area contributed by atoms with E-state index >= 15 is 0 Å². The average Bonchev–Trinajstić information content (AvgIpc) is 3.02. The van der Waals surface area contributed by atoms with E-state index in [9.17, 15) is 14.9 Å². The smallest absolute Gasteiger partial charge is 0.279 e. The number of thioether (sulfide) groups is 1. The van der Waals surface area contributed by atoms with Crippen LogP contribution in [0.2, 0.25) is 0 Å². The number of non-ortho nitro benzene ring substituents is 1. The Morgan fingerprint density at radius 3 is 2.86 bits per heavy atom. The summed E-state index contributed by atoms with van der Waals surface area (Å²) < 4.78 is 7.76. The molecular weight excluding hydrogens is 398 g/mol. The Balaban J connectivity index is 2.08. The molecule has 0 fully saturated rings. The molecule has 0 unspecified atom stereocenters. The third kappa shape index (κ3) is 4.49. The van der Waals surface area contributed by atoms with Gasteiger partial charge >= 0.3 is 0 Å². The van der Waals surface area contributed by atoms with Gasteiger partial charge in [0.05, 0.1) is 21.7 Å². The largest absolute Gasteiger partial charge is 0.383 e. The molecule has 0 N–H and O–H groups in total. The maximum absolute atomic E-state index is 12.7. The summed E-state index contributed by atoms with van der Waals surface area (Å²) in [6.07, 6.45) is 0. The first-order chi connectivity index (χ1) is 13.5. The van der Waals surface area contributed by atoms with Crippen LogP contribution >= 0.6 is 23.1 Å². The molecule has 1 aromatic heterocycles. The number of nitro benzene ring substituents is 1. The van der Waals surface area contributed by atoms with Crippen molar-refractivity contribution in [1.29, 1.82) is 0 Å². The summed E-state index contributed by atoms with van der Waals surface area (Å²) in [5, 5.41) is 11.1. The first-order valence-corrected chi connectivity index (χ1v) is 10.4. The zero-order valence-electron chi connectivity index (χ0n) is 15.5. The summed E-state index contributed by atoms with van der Waals surface area (Å²) in [5.41, 5.74) is 1.18. The van der Waals surface area contributed by atoms with Crippen molar-refractivity contribution in [1.82, 2.24) is 4.57 Å². The highest BCUT2D eigenvalue weighted by Gasteiger charge is 2.13. The van der Waals surface area contributed by atoms with Gasteiger partial charge in [0.2, 0.25) is 0 Å². The van der Waals surface area contributed by atoms with E-state index in [-0.39, 0.29) is 11.6 Å². The van der Waals surface area contributed by atoms with E-state index in [1.165, 1.54) is 23.5 Å². The summed E-state index contributed by atoms with van der Waals surface area (Å²) in [5.74, 6) is 0.576.